The number of Topliss-reactive ketones (excluding diaryl/α,β-unsaturated/α-hetero) is 2. The van der Waals surface area contributed by atoms with Crippen LogP contribution in [0.3, 0.4) is 0 Å². The first-order chi connectivity index (χ1) is 52.9. The molecule has 0 spiro atoms. The molecule has 0 saturated heterocycles. The lowest BCUT2D eigenvalue weighted by molar-refractivity contribution is -0.142. The van der Waals surface area contributed by atoms with Crippen LogP contribution < -0.4 is 53.8 Å². The number of benzene rings is 1. The van der Waals surface area contributed by atoms with Crippen LogP contribution in [0.15, 0.2) is 65.7 Å². The molecule has 0 fully saturated rings. The molecule has 2 unspecified atom stereocenters. The van der Waals surface area contributed by atoms with E-state index in [1.165, 1.54) is 32.4 Å². The topological polar surface area (TPSA) is 560 Å². The zero-order valence-corrected chi connectivity index (χ0v) is 65.7. The number of carbonyl (C=O) groups is 10. The lowest BCUT2D eigenvalue weighted by Crippen LogP contribution is -2.53. The molecule has 0 saturated carbocycles. The average molecular weight is 1620 g/mol. The largest absolute Gasteiger partial charge is 0.480 e. The number of carboxylic acid groups (broad SMARTS) is 1. The lowest BCUT2D eigenvalue weighted by Gasteiger charge is -2.23. The fourth-order valence-electron chi connectivity index (χ4n) is 13.5. The molecular formula is C72H89N17O19S4. The molecule has 9 atom stereocenters. The minimum absolute atomic E-state index is 0.00233. The van der Waals surface area contributed by atoms with Crippen molar-refractivity contribution in [2.24, 2.45) is 0 Å². The Morgan fingerprint density at radius 1 is 0.714 bits per heavy atom. The van der Waals surface area contributed by atoms with Crippen LogP contribution in [0, 0.1) is 13.8 Å². The second-order valence-corrected chi connectivity index (χ2v) is 33.2. The molecule has 8 bridgehead atoms. The van der Waals surface area contributed by atoms with Crippen LogP contribution in [0.2, 0.25) is 0 Å². The van der Waals surface area contributed by atoms with Gasteiger partial charge in [0.05, 0.1) is 72.7 Å². The number of nitrogens with zero attached hydrogens (tertiary/aromatic N) is 5. The maximum atomic E-state index is 14.7. The number of fused-ring (bicyclic) bond motifs is 9. The van der Waals surface area contributed by atoms with E-state index in [0.717, 1.165) is 39.4 Å². The molecule has 16 N–H and O–H groups in total. The lowest BCUT2D eigenvalue weighted by atomic mass is 9.83. The summed E-state index contributed by atoms with van der Waals surface area (Å²) in [5, 5.41) is 31.4. The van der Waals surface area contributed by atoms with Crippen molar-refractivity contribution in [2.45, 2.75) is 154 Å². The monoisotopic (exact) mass is 1620 g/mol. The third kappa shape index (κ3) is 21.7. The fraction of sp³-hybridized carbons (Fsp3) is 0.444. The number of carboxylic acids is 1. The van der Waals surface area contributed by atoms with Gasteiger partial charge in [-0.3, -0.25) is 72.0 Å². The number of nitrogens with one attached hydrogen (secondary N) is 11. The summed E-state index contributed by atoms with van der Waals surface area (Å²) in [6.07, 6.45) is 0.377. The van der Waals surface area contributed by atoms with Crippen LogP contribution in [0.1, 0.15) is 185 Å². The number of aromatic amines is 3. The number of esters is 1. The molecule has 3 aliphatic rings. The predicted octanol–water partition coefficient (Wildman–Crippen LogP) is 4.18. The summed E-state index contributed by atoms with van der Waals surface area (Å²) in [6.45, 7) is 16.0. The highest BCUT2D eigenvalue weighted by atomic mass is 33.1. The molecule has 0 radical (unpaired) electrons. The van der Waals surface area contributed by atoms with Crippen LogP contribution in [-0.4, -0.2) is 204 Å². The maximum Gasteiger partial charge on any atom is 0.327 e. The normalized spacial score (nSPS) is 16.9. The van der Waals surface area contributed by atoms with Gasteiger partial charge in [-0.15, -0.1) is 0 Å². The Balaban J connectivity index is 0.833. The molecule has 112 heavy (non-hydrogen) atoms. The number of aryl methyl sites for hydroxylation is 2. The van der Waals surface area contributed by atoms with E-state index in [1.807, 2.05) is 32.0 Å². The Labute approximate surface area is 650 Å². The minimum Gasteiger partial charge on any atom is -0.480 e. The Morgan fingerprint density at radius 2 is 1.33 bits per heavy atom. The van der Waals surface area contributed by atoms with Crippen molar-refractivity contribution in [3.05, 3.63) is 133 Å². The van der Waals surface area contributed by atoms with Crippen molar-refractivity contribution < 1.29 is 83.7 Å². The van der Waals surface area contributed by atoms with Gasteiger partial charge in [-0.25, -0.2) is 14.8 Å². The number of hydrogen-bond donors (Lipinski definition) is 15. The van der Waals surface area contributed by atoms with Gasteiger partial charge in [-0.05, 0) is 101 Å². The molecule has 40 heteroatoms. The number of carbonyl (C=O) groups excluding carboxylic acids is 9. The van der Waals surface area contributed by atoms with Gasteiger partial charge in [0.25, 0.3) is 31.7 Å². The number of nitrogens with two attached hydrogens (primary N) is 1. The van der Waals surface area contributed by atoms with E-state index in [2.05, 4.69) is 92.9 Å². The fourth-order valence-corrected chi connectivity index (χ4v) is 16.3. The molecular weight excluding hydrogens is 1540 g/mol. The highest BCUT2D eigenvalue weighted by Crippen LogP contribution is 2.49. The molecule has 1 aromatic carbocycles. The smallest absolute Gasteiger partial charge is 0.327 e. The zero-order chi connectivity index (χ0) is 81.8. The van der Waals surface area contributed by atoms with E-state index in [-0.39, 0.29) is 107 Å². The zero-order valence-electron chi connectivity index (χ0n) is 62.4. The van der Waals surface area contributed by atoms with Crippen molar-refractivity contribution in [3.8, 4) is 0 Å². The molecule has 6 amide bonds. The molecule has 36 nitrogen and oxygen atoms in total. The van der Waals surface area contributed by atoms with E-state index in [0.29, 0.717) is 61.5 Å². The standard InChI is InChI=1S/C72H89N17O19S4/c1-10-43-34(3)45-27-51-58(39(8)90)36(5)47(82-51)25-46-35(4)44(62(85-46)60-61(71(101)108-9)65(95)59-37(6)48(86-63(59)60)26-50(43)81-45)16-18-55(92)83-49(28-56(93)75-20-23-111(102,103)104)38(7)74-19-22-109-110-32-53(70(99)100)87-68(97)52(29-57(94)76-21-24-112(105,106)107)84-54(91)17-11-33(2)79-67(96)40-12-14-41(15-13-40)77-30-42-31-78-66-64(80-42)69(98)89-72(73)88-66/h12-15,25-27,31,33-35,43-44,49,52-53,61,74,77,82,86H,7,10-11,16-24,28-30,32H2,1-6,8-9H3,(H,75,93)(H,76,94)(H,79,96)(H,83,92)(H,84,91)(H,87,97)(H,99,100)(H,102,103,104)(H,105,106,107)(H3,73,78,88,89,98)/t33-,34-,35+,43-,44+,49?,52+,53+,61?/m1/s1. The van der Waals surface area contributed by atoms with Crippen LogP contribution >= 0.6 is 21.6 Å². The number of H-pyrrole nitrogens is 3. The van der Waals surface area contributed by atoms with Crippen molar-refractivity contribution in [1.82, 2.24) is 77.1 Å². The minimum atomic E-state index is -4.52. The van der Waals surface area contributed by atoms with Gasteiger partial charge >= 0.3 is 11.9 Å². The van der Waals surface area contributed by atoms with Gasteiger partial charge in [-0.1, -0.05) is 48.9 Å². The molecule has 600 valence electrons. The van der Waals surface area contributed by atoms with E-state index in [9.17, 15) is 83.8 Å². The number of nitrogen functional groups attached to an aromatic ring is 1. The summed E-state index contributed by atoms with van der Waals surface area (Å²) in [6, 6.07) is 6.78. The Hall–Kier alpha value is -10.7. The van der Waals surface area contributed by atoms with E-state index < -0.39 is 158 Å². The van der Waals surface area contributed by atoms with E-state index in [1.54, 1.807) is 26.0 Å². The second kappa shape index (κ2) is 37.1. The Bertz CT molecular complexity index is 5190. The van der Waals surface area contributed by atoms with Gasteiger partial charge in [0.1, 0.15) is 18.0 Å². The van der Waals surface area contributed by atoms with E-state index in [4.69, 9.17) is 20.4 Å². The number of methoxy groups -OCH3 is 1. The number of anilines is 2. The van der Waals surface area contributed by atoms with Gasteiger partial charge < -0.3 is 68.1 Å². The van der Waals surface area contributed by atoms with Crippen molar-refractivity contribution in [3.63, 3.8) is 0 Å². The first-order valence-electron chi connectivity index (χ1n) is 35.7. The summed E-state index contributed by atoms with van der Waals surface area (Å²) in [4.78, 5) is 180. The average Bonchev–Trinajstić information content (AvgIpc) is 1.56. The summed E-state index contributed by atoms with van der Waals surface area (Å²) < 4.78 is 69.7. The van der Waals surface area contributed by atoms with Gasteiger partial charge in [0.2, 0.25) is 35.5 Å². The molecule has 2 aliphatic heterocycles. The summed E-state index contributed by atoms with van der Waals surface area (Å²) >= 11 is 0. The Kier molecular flexibility index (Phi) is 28.3. The highest BCUT2D eigenvalue weighted by Gasteiger charge is 2.46. The van der Waals surface area contributed by atoms with Crippen molar-refractivity contribution in [1.29, 1.82) is 0 Å². The van der Waals surface area contributed by atoms with E-state index >= 15 is 0 Å². The number of ketones is 2. The number of amides is 6. The molecule has 5 aromatic heterocycles. The number of ether oxygens (including phenoxy) is 1. The van der Waals surface area contributed by atoms with Gasteiger partial charge in [0, 0.05) is 135 Å². The first kappa shape index (κ1) is 85.3. The number of aromatic nitrogens is 8. The van der Waals surface area contributed by atoms with Crippen molar-refractivity contribution in [2.75, 3.05) is 60.8 Å². The molecule has 7 heterocycles. The van der Waals surface area contributed by atoms with Gasteiger partial charge in [-0.2, -0.15) is 21.8 Å². The number of rotatable bonds is 37. The first-order valence-corrected chi connectivity index (χ1v) is 41.4. The predicted molar refractivity (Wildman–Crippen MR) is 417 cm³/mol. The molecule has 9 rings (SSSR count). The SMILES string of the molecule is C=C(NCCSSC[C@H](NC(=O)[C@H](CC(=O)NCCS(=O)(=O)O)NC(=O)CC[C@@H](C)NC(=O)c1ccc(NCc2cnc3nc(N)[nH]c(=O)c3n2)cc1)C(=O)O)C(CC(=O)NCCS(=O)(=O)O)NC(=O)CC[C@@H]1c2nc(cc3[nH]c(cc4nc(cc5[nH]c6c(c5C)C(=O)C(C(=O)OC)c26)[C@H](CC)[C@H]4C)c(C(C)=O)c3C)[C@H]1C. The summed E-state index contributed by atoms with van der Waals surface area (Å²) in [5.74, 6) is -12.3. The number of hydrogen-bond acceptors (Lipinski definition) is 26. The summed E-state index contributed by atoms with van der Waals surface area (Å²) in [5.41, 5.74) is 13.1. The third-order valence-corrected chi connectivity index (χ3v) is 23.3. The molecule has 6 aromatic rings. The highest BCUT2D eigenvalue weighted by molar-refractivity contribution is 8.76. The van der Waals surface area contributed by atoms with Crippen LogP contribution in [0.5, 0.6) is 0 Å². The van der Waals surface area contributed by atoms with Crippen LogP contribution in [-0.2, 0) is 65.1 Å². The Morgan fingerprint density at radius 3 is 1.97 bits per heavy atom. The quantitative estimate of drug-likeness (QED) is 0.00649. The third-order valence-electron chi connectivity index (χ3n) is 19.4. The molecule has 1 aliphatic carbocycles. The maximum absolute atomic E-state index is 14.7. The van der Waals surface area contributed by atoms with Gasteiger partial charge in [0.15, 0.2) is 22.7 Å². The van der Waals surface area contributed by atoms with Crippen LogP contribution in [0.4, 0.5) is 11.6 Å². The summed E-state index contributed by atoms with van der Waals surface area (Å²) in [7, 11) is -5.71. The second-order valence-electron chi connectivity index (χ2n) is 27.4. The van der Waals surface area contributed by atoms with Crippen molar-refractivity contribution >= 4 is 146 Å². The number of aliphatic carboxylic acids is 1. The van der Waals surface area contributed by atoms with Crippen LogP contribution in [0.25, 0.3) is 33.2 Å².